The third-order valence-corrected chi connectivity index (χ3v) is 3.31. The van der Waals surface area contributed by atoms with Crippen LogP contribution in [0.4, 0.5) is 0 Å². The number of rotatable bonds is 2. The summed E-state index contributed by atoms with van der Waals surface area (Å²) in [5.41, 5.74) is 0.574. The molecular weight excluding hydrogens is 204 g/mol. The average Bonchev–Trinajstić information content (AvgIpc) is 2.28. The number of ether oxygens (including phenoxy) is 2. The molecule has 0 aliphatic carbocycles. The summed E-state index contributed by atoms with van der Waals surface area (Å²) in [5, 5.41) is 10.1. The molecule has 3 heteroatoms. The van der Waals surface area contributed by atoms with E-state index in [0.717, 1.165) is 23.5 Å². The van der Waals surface area contributed by atoms with Crippen molar-refractivity contribution < 1.29 is 14.6 Å². The fourth-order valence-corrected chi connectivity index (χ4v) is 2.05. The SMILES string of the molecule is CCC1(C)C[C@@H](O)c2ccc(OC)cc2O1. The minimum absolute atomic E-state index is 0.279. The molecule has 88 valence electrons. The topological polar surface area (TPSA) is 38.7 Å². The van der Waals surface area contributed by atoms with E-state index in [9.17, 15) is 5.11 Å². The molecule has 0 aromatic heterocycles. The number of hydrogen-bond acceptors (Lipinski definition) is 3. The molecule has 1 aliphatic heterocycles. The van der Waals surface area contributed by atoms with Gasteiger partial charge < -0.3 is 14.6 Å². The molecule has 1 heterocycles. The van der Waals surface area contributed by atoms with Crippen molar-refractivity contribution in [2.24, 2.45) is 0 Å². The van der Waals surface area contributed by atoms with E-state index in [1.807, 2.05) is 25.1 Å². The van der Waals surface area contributed by atoms with Gasteiger partial charge in [-0.1, -0.05) is 6.92 Å². The Kier molecular flexibility index (Phi) is 2.80. The molecule has 0 spiro atoms. The Bertz CT molecular complexity index is 389. The van der Waals surface area contributed by atoms with E-state index >= 15 is 0 Å². The highest BCUT2D eigenvalue weighted by Gasteiger charge is 2.35. The number of methoxy groups -OCH3 is 1. The standard InChI is InChI=1S/C13H18O3/c1-4-13(2)8-11(14)10-6-5-9(15-3)7-12(10)16-13/h5-7,11,14H,4,8H2,1-3H3/t11-,13?/m1/s1. The van der Waals surface area contributed by atoms with Gasteiger partial charge in [0.25, 0.3) is 0 Å². The van der Waals surface area contributed by atoms with Crippen LogP contribution in [0.25, 0.3) is 0 Å². The van der Waals surface area contributed by atoms with Gasteiger partial charge in [0.05, 0.1) is 13.2 Å². The summed E-state index contributed by atoms with van der Waals surface area (Å²) in [6.07, 6.45) is 1.07. The van der Waals surface area contributed by atoms with Crippen molar-refractivity contribution in [1.29, 1.82) is 0 Å². The van der Waals surface area contributed by atoms with Crippen LogP contribution < -0.4 is 9.47 Å². The molecule has 1 unspecified atom stereocenters. The van der Waals surface area contributed by atoms with E-state index in [-0.39, 0.29) is 5.60 Å². The van der Waals surface area contributed by atoms with E-state index in [0.29, 0.717) is 6.42 Å². The quantitative estimate of drug-likeness (QED) is 0.836. The van der Waals surface area contributed by atoms with Crippen molar-refractivity contribution in [2.45, 2.75) is 38.4 Å². The Morgan fingerprint density at radius 2 is 2.31 bits per heavy atom. The van der Waals surface area contributed by atoms with Gasteiger partial charge in [-0.05, 0) is 25.5 Å². The van der Waals surface area contributed by atoms with E-state index in [4.69, 9.17) is 9.47 Å². The fraction of sp³-hybridized carbons (Fsp3) is 0.538. The maximum Gasteiger partial charge on any atom is 0.129 e. The van der Waals surface area contributed by atoms with Crippen LogP contribution in [0.5, 0.6) is 11.5 Å². The van der Waals surface area contributed by atoms with Crippen molar-refractivity contribution in [2.75, 3.05) is 7.11 Å². The molecule has 3 nitrogen and oxygen atoms in total. The Balaban J connectivity index is 2.39. The Morgan fingerprint density at radius 1 is 1.56 bits per heavy atom. The van der Waals surface area contributed by atoms with Crippen LogP contribution in [0.2, 0.25) is 0 Å². The normalized spacial score (nSPS) is 28.1. The second kappa shape index (κ2) is 3.98. The predicted molar refractivity (Wildman–Crippen MR) is 61.9 cm³/mol. The minimum Gasteiger partial charge on any atom is -0.497 e. The van der Waals surface area contributed by atoms with Gasteiger partial charge >= 0.3 is 0 Å². The van der Waals surface area contributed by atoms with Crippen LogP contribution in [-0.2, 0) is 0 Å². The van der Waals surface area contributed by atoms with Crippen molar-refractivity contribution in [3.63, 3.8) is 0 Å². The maximum absolute atomic E-state index is 10.1. The molecule has 0 bridgehead atoms. The Morgan fingerprint density at radius 3 is 2.94 bits per heavy atom. The monoisotopic (exact) mass is 222 g/mol. The van der Waals surface area contributed by atoms with Crippen molar-refractivity contribution in [3.05, 3.63) is 23.8 Å². The van der Waals surface area contributed by atoms with Crippen molar-refractivity contribution in [1.82, 2.24) is 0 Å². The third kappa shape index (κ3) is 1.87. The summed E-state index contributed by atoms with van der Waals surface area (Å²) in [4.78, 5) is 0. The van der Waals surface area contributed by atoms with Gasteiger partial charge in [-0.15, -0.1) is 0 Å². The molecule has 16 heavy (non-hydrogen) atoms. The first kappa shape index (κ1) is 11.3. The van der Waals surface area contributed by atoms with Crippen LogP contribution in [-0.4, -0.2) is 17.8 Å². The van der Waals surface area contributed by atoms with E-state index < -0.39 is 6.10 Å². The molecular formula is C13H18O3. The van der Waals surface area contributed by atoms with Crippen molar-refractivity contribution >= 4 is 0 Å². The molecule has 2 rings (SSSR count). The van der Waals surface area contributed by atoms with Crippen LogP contribution in [0.1, 0.15) is 38.4 Å². The molecule has 0 saturated heterocycles. The van der Waals surface area contributed by atoms with Crippen LogP contribution in [0.3, 0.4) is 0 Å². The molecule has 2 atom stereocenters. The van der Waals surface area contributed by atoms with Gasteiger partial charge in [-0.25, -0.2) is 0 Å². The summed E-state index contributed by atoms with van der Waals surface area (Å²) in [6, 6.07) is 5.56. The number of aliphatic hydroxyl groups is 1. The van der Waals surface area contributed by atoms with Gasteiger partial charge in [0.1, 0.15) is 17.1 Å². The van der Waals surface area contributed by atoms with E-state index in [1.165, 1.54) is 0 Å². The lowest BCUT2D eigenvalue weighted by molar-refractivity contribution is -0.00394. The van der Waals surface area contributed by atoms with E-state index in [2.05, 4.69) is 6.92 Å². The first-order valence-corrected chi connectivity index (χ1v) is 5.63. The molecule has 1 N–H and O–H groups in total. The summed E-state index contributed by atoms with van der Waals surface area (Å²) >= 11 is 0. The molecule has 1 aromatic carbocycles. The molecule has 1 aromatic rings. The van der Waals surface area contributed by atoms with Gasteiger partial charge in [0.2, 0.25) is 0 Å². The van der Waals surface area contributed by atoms with Crippen LogP contribution in [0.15, 0.2) is 18.2 Å². The zero-order chi connectivity index (χ0) is 11.8. The van der Waals surface area contributed by atoms with Gasteiger partial charge in [-0.2, -0.15) is 0 Å². The van der Waals surface area contributed by atoms with Crippen LogP contribution >= 0.6 is 0 Å². The Hall–Kier alpha value is -1.22. The van der Waals surface area contributed by atoms with Gasteiger partial charge in [0, 0.05) is 18.1 Å². The lowest BCUT2D eigenvalue weighted by atomic mass is 9.88. The second-order valence-electron chi connectivity index (χ2n) is 4.53. The molecule has 0 amide bonds. The smallest absolute Gasteiger partial charge is 0.129 e. The largest absolute Gasteiger partial charge is 0.497 e. The Labute approximate surface area is 96.0 Å². The lowest BCUT2D eigenvalue weighted by Crippen LogP contribution is -2.37. The van der Waals surface area contributed by atoms with E-state index in [1.54, 1.807) is 7.11 Å². The van der Waals surface area contributed by atoms with Crippen LogP contribution in [0, 0.1) is 0 Å². The molecule has 0 fully saturated rings. The molecule has 1 aliphatic rings. The highest BCUT2D eigenvalue weighted by Crippen LogP contribution is 2.42. The predicted octanol–water partition coefficient (Wildman–Crippen LogP) is 2.68. The minimum atomic E-state index is -0.445. The lowest BCUT2D eigenvalue weighted by Gasteiger charge is -2.37. The number of hydrogen-bond donors (Lipinski definition) is 1. The molecule has 0 saturated carbocycles. The third-order valence-electron chi connectivity index (χ3n) is 3.31. The van der Waals surface area contributed by atoms with Crippen molar-refractivity contribution in [3.8, 4) is 11.5 Å². The number of aliphatic hydroxyl groups excluding tert-OH is 1. The van der Waals surface area contributed by atoms with Gasteiger partial charge in [-0.3, -0.25) is 0 Å². The maximum atomic E-state index is 10.1. The molecule has 0 radical (unpaired) electrons. The zero-order valence-corrected chi connectivity index (χ0v) is 9.99. The number of benzene rings is 1. The summed E-state index contributed by atoms with van der Waals surface area (Å²) in [6.45, 7) is 4.09. The second-order valence-corrected chi connectivity index (χ2v) is 4.53. The summed E-state index contributed by atoms with van der Waals surface area (Å²) < 4.78 is 11.1. The summed E-state index contributed by atoms with van der Waals surface area (Å²) in [7, 11) is 1.62. The van der Waals surface area contributed by atoms with Gasteiger partial charge in [0.15, 0.2) is 0 Å². The average molecular weight is 222 g/mol. The fourth-order valence-electron chi connectivity index (χ4n) is 2.05. The first-order valence-electron chi connectivity index (χ1n) is 5.63. The zero-order valence-electron chi connectivity index (χ0n) is 9.99. The first-order chi connectivity index (χ1) is 7.58. The highest BCUT2D eigenvalue weighted by molar-refractivity contribution is 5.43. The highest BCUT2D eigenvalue weighted by atomic mass is 16.5. The number of fused-ring (bicyclic) bond motifs is 1. The summed E-state index contributed by atoms with van der Waals surface area (Å²) in [5.74, 6) is 1.49.